The van der Waals surface area contributed by atoms with Gasteiger partial charge in [0.25, 0.3) is 0 Å². The summed E-state index contributed by atoms with van der Waals surface area (Å²) in [7, 11) is 0. The predicted molar refractivity (Wildman–Crippen MR) is 67.7 cm³/mol. The Morgan fingerprint density at radius 1 is 1.53 bits per heavy atom. The van der Waals surface area contributed by atoms with Gasteiger partial charge < -0.3 is 10.4 Å². The van der Waals surface area contributed by atoms with Crippen LogP contribution in [0.4, 0.5) is 5.69 Å². The van der Waals surface area contributed by atoms with Crippen LogP contribution in [-0.2, 0) is 4.79 Å². The Kier molecular flexibility index (Phi) is 3.55. The zero-order chi connectivity index (χ0) is 12.3. The van der Waals surface area contributed by atoms with Gasteiger partial charge in [-0.15, -0.1) is 0 Å². The molecule has 1 aromatic carbocycles. The second kappa shape index (κ2) is 5.11. The van der Waals surface area contributed by atoms with Crippen LogP contribution in [0.3, 0.4) is 0 Å². The monoisotopic (exact) mass is 269 g/mol. The van der Waals surface area contributed by atoms with Crippen LogP contribution in [0, 0.1) is 0 Å². The number of benzene rings is 1. The van der Waals surface area contributed by atoms with Crippen LogP contribution in [-0.4, -0.2) is 26.4 Å². The van der Waals surface area contributed by atoms with Crippen LogP contribution in [0.1, 0.15) is 0 Å². The maximum atomic E-state index is 10.3. The van der Waals surface area contributed by atoms with Gasteiger partial charge in [0, 0.05) is 12.6 Å². The molecular formula is C10H8ClN3O2S. The molecule has 0 aliphatic heterocycles. The molecule has 0 saturated heterocycles. The Hall–Kier alpha value is -1.66. The van der Waals surface area contributed by atoms with E-state index in [0.717, 1.165) is 23.3 Å². The minimum atomic E-state index is -0.980. The molecule has 0 spiro atoms. The van der Waals surface area contributed by atoms with Crippen molar-refractivity contribution in [3.05, 3.63) is 29.3 Å². The first-order chi connectivity index (χ1) is 8.18. The molecule has 0 amide bonds. The number of rotatable bonds is 4. The number of nitrogens with one attached hydrogen (secondary N) is 1. The standard InChI is InChI=1S/C10H8ClN3O2S/c11-6-3-4-7-10(14-17-13-7)9(6)12-5-1-2-8(15)16/h1-4,12H,5H2,(H,15,16)/b2-1+. The van der Waals surface area contributed by atoms with E-state index in [9.17, 15) is 4.79 Å². The van der Waals surface area contributed by atoms with Crippen LogP contribution in [0.2, 0.25) is 5.02 Å². The summed E-state index contributed by atoms with van der Waals surface area (Å²) in [6.45, 7) is 0.364. The van der Waals surface area contributed by atoms with E-state index in [4.69, 9.17) is 16.7 Å². The average molecular weight is 270 g/mol. The van der Waals surface area contributed by atoms with Crippen molar-refractivity contribution in [2.45, 2.75) is 0 Å². The van der Waals surface area contributed by atoms with Crippen molar-refractivity contribution < 1.29 is 9.90 Å². The van der Waals surface area contributed by atoms with E-state index >= 15 is 0 Å². The van der Waals surface area contributed by atoms with E-state index in [0.29, 0.717) is 22.8 Å². The summed E-state index contributed by atoms with van der Waals surface area (Å²) in [6.07, 6.45) is 2.57. The first kappa shape index (κ1) is 11.8. The molecule has 2 rings (SSSR count). The van der Waals surface area contributed by atoms with Gasteiger partial charge in [-0.2, -0.15) is 8.75 Å². The molecule has 2 aromatic rings. The number of fused-ring (bicyclic) bond motifs is 1. The van der Waals surface area contributed by atoms with Gasteiger partial charge in [-0.25, -0.2) is 4.79 Å². The number of nitrogens with zero attached hydrogens (tertiary/aromatic N) is 2. The molecule has 0 radical (unpaired) electrons. The third kappa shape index (κ3) is 2.72. The zero-order valence-corrected chi connectivity index (χ0v) is 10.1. The molecule has 5 nitrogen and oxygen atoms in total. The summed E-state index contributed by atoms with van der Waals surface area (Å²) in [6, 6.07) is 3.52. The molecule has 1 heterocycles. The summed E-state index contributed by atoms with van der Waals surface area (Å²) in [5.41, 5.74) is 2.14. The average Bonchev–Trinajstić information content (AvgIpc) is 2.74. The van der Waals surface area contributed by atoms with E-state index in [2.05, 4.69) is 14.1 Å². The van der Waals surface area contributed by atoms with Gasteiger partial charge >= 0.3 is 5.97 Å². The molecule has 17 heavy (non-hydrogen) atoms. The third-order valence-corrected chi connectivity index (χ3v) is 2.89. The fraction of sp³-hybridized carbons (Fsp3) is 0.100. The van der Waals surface area contributed by atoms with Crippen molar-refractivity contribution >= 4 is 46.0 Å². The lowest BCUT2D eigenvalue weighted by Crippen LogP contribution is -2.00. The van der Waals surface area contributed by atoms with Crippen LogP contribution in [0.15, 0.2) is 24.3 Å². The Balaban J connectivity index is 2.20. The molecule has 0 fully saturated rings. The minimum Gasteiger partial charge on any atom is -0.478 e. The summed E-state index contributed by atoms with van der Waals surface area (Å²) in [5, 5.41) is 12.0. The molecule has 88 valence electrons. The lowest BCUT2D eigenvalue weighted by Gasteiger charge is -2.05. The van der Waals surface area contributed by atoms with Crippen LogP contribution < -0.4 is 5.32 Å². The van der Waals surface area contributed by atoms with Gasteiger partial charge in [-0.3, -0.25) is 0 Å². The van der Waals surface area contributed by atoms with Crippen molar-refractivity contribution in [2.24, 2.45) is 0 Å². The van der Waals surface area contributed by atoms with Crippen molar-refractivity contribution in [1.82, 2.24) is 8.75 Å². The summed E-state index contributed by atoms with van der Waals surface area (Å²) in [5.74, 6) is -0.980. The molecule has 0 atom stereocenters. The maximum absolute atomic E-state index is 10.3. The van der Waals surface area contributed by atoms with E-state index in [1.165, 1.54) is 6.08 Å². The molecule has 0 aliphatic carbocycles. The van der Waals surface area contributed by atoms with E-state index < -0.39 is 5.97 Å². The number of halogens is 1. The minimum absolute atomic E-state index is 0.364. The molecule has 0 unspecified atom stereocenters. The lowest BCUT2D eigenvalue weighted by atomic mass is 10.2. The first-order valence-electron chi connectivity index (χ1n) is 4.72. The topological polar surface area (TPSA) is 75.1 Å². The predicted octanol–water partition coefficient (Wildman–Crippen LogP) is 2.40. The number of anilines is 1. The highest BCUT2D eigenvalue weighted by molar-refractivity contribution is 7.00. The van der Waals surface area contributed by atoms with Crippen molar-refractivity contribution in [1.29, 1.82) is 0 Å². The van der Waals surface area contributed by atoms with E-state index in [-0.39, 0.29) is 0 Å². The Bertz CT molecular complexity index is 582. The number of hydrogen-bond acceptors (Lipinski definition) is 5. The Labute approximate surface area is 106 Å². The summed E-state index contributed by atoms with van der Waals surface area (Å²) >= 11 is 7.14. The maximum Gasteiger partial charge on any atom is 0.328 e. The normalized spacial score (nSPS) is 11.1. The molecular weight excluding hydrogens is 262 g/mol. The Morgan fingerprint density at radius 3 is 3.12 bits per heavy atom. The van der Waals surface area contributed by atoms with Gasteiger partial charge in [-0.05, 0) is 12.1 Å². The SMILES string of the molecule is O=C(O)/C=C/CNc1c(Cl)ccc2nsnc12. The number of aliphatic carboxylic acids is 1. The van der Waals surface area contributed by atoms with Crippen LogP contribution in [0.25, 0.3) is 11.0 Å². The number of aromatic nitrogens is 2. The van der Waals surface area contributed by atoms with Gasteiger partial charge in [0.1, 0.15) is 11.0 Å². The fourth-order valence-electron chi connectivity index (χ4n) is 1.32. The number of carboxylic acids is 1. The second-order valence-corrected chi connectivity index (χ2v) is 4.11. The molecule has 7 heteroatoms. The number of carboxylic acid groups (broad SMARTS) is 1. The molecule has 0 aliphatic rings. The smallest absolute Gasteiger partial charge is 0.328 e. The second-order valence-electron chi connectivity index (χ2n) is 3.18. The fourth-order valence-corrected chi connectivity index (χ4v) is 2.08. The molecule has 1 aromatic heterocycles. The van der Waals surface area contributed by atoms with Crippen LogP contribution in [0.5, 0.6) is 0 Å². The first-order valence-corrected chi connectivity index (χ1v) is 5.83. The summed E-state index contributed by atoms with van der Waals surface area (Å²) < 4.78 is 8.23. The lowest BCUT2D eigenvalue weighted by molar-refractivity contribution is -0.131. The summed E-state index contributed by atoms with van der Waals surface area (Å²) in [4.78, 5) is 10.3. The van der Waals surface area contributed by atoms with Gasteiger partial charge in [0.05, 0.1) is 22.4 Å². The van der Waals surface area contributed by atoms with Crippen molar-refractivity contribution in [3.63, 3.8) is 0 Å². The number of carbonyl (C=O) groups is 1. The third-order valence-electron chi connectivity index (χ3n) is 2.03. The molecule has 0 saturated carbocycles. The number of hydrogen-bond donors (Lipinski definition) is 2. The quantitative estimate of drug-likeness (QED) is 0.834. The highest BCUT2D eigenvalue weighted by atomic mass is 35.5. The largest absolute Gasteiger partial charge is 0.478 e. The van der Waals surface area contributed by atoms with Crippen molar-refractivity contribution in [3.8, 4) is 0 Å². The van der Waals surface area contributed by atoms with E-state index in [1.807, 2.05) is 0 Å². The zero-order valence-electron chi connectivity index (χ0n) is 8.55. The highest BCUT2D eigenvalue weighted by Gasteiger charge is 2.08. The van der Waals surface area contributed by atoms with Crippen molar-refractivity contribution in [2.75, 3.05) is 11.9 Å². The highest BCUT2D eigenvalue weighted by Crippen LogP contribution is 2.29. The van der Waals surface area contributed by atoms with Crippen LogP contribution >= 0.6 is 23.3 Å². The Morgan fingerprint density at radius 2 is 2.35 bits per heavy atom. The van der Waals surface area contributed by atoms with Gasteiger partial charge in [0.15, 0.2) is 0 Å². The van der Waals surface area contributed by atoms with E-state index in [1.54, 1.807) is 12.1 Å². The van der Waals surface area contributed by atoms with Gasteiger partial charge in [-0.1, -0.05) is 17.7 Å². The van der Waals surface area contributed by atoms with Gasteiger partial charge in [0.2, 0.25) is 0 Å². The molecule has 0 bridgehead atoms. The molecule has 2 N–H and O–H groups in total.